The highest BCUT2D eigenvalue weighted by Crippen LogP contribution is 2.22. The van der Waals surface area contributed by atoms with Gasteiger partial charge in [0, 0.05) is 11.1 Å². The molecule has 0 saturated carbocycles. The highest BCUT2D eigenvalue weighted by molar-refractivity contribution is 5.95. The predicted octanol–water partition coefficient (Wildman–Crippen LogP) is 3.73. The smallest absolute Gasteiger partial charge is 0.335 e. The molecule has 0 heterocycles. The first-order chi connectivity index (χ1) is 13.3. The molecule has 3 aromatic carbocycles. The predicted molar refractivity (Wildman–Crippen MR) is 105 cm³/mol. The number of anilines is 1. The van der Waals surface area contributed by atoms with Gasteiger partial charge >= 0.3 is 17.9 Å². The van der Waals surface area contributed by atoms with Crippen LogP contribution in [-0.2, 0) is 4.79 Å². The average Bonchev–Trinajstić information content (AvgIpc) is 2.66. The third kappa shape index (κ3) is 5.31. The summed E-state index contributed by atoms with van der Waals surface area (Å²) in [4.78, 5) is 31.5. The third-order valence-corrected chi connectivity index (χ3v) is 3.93. The molecule has 0 aliphatic rings. The Kier molecular flexibility index (Phi) is 6.70. The van der Waals surface area contributed by atoms with E-state index >= 15 is 0 Å². The zero-order valence-electron chi connectivity index (χ0n) is 15.0. The van der Waals surface area contributed by atoms with Crippen LogP contribution in [0.1, 0.15) is 26.3 Å². The normalized spacial score (nSPS) is 9.89. The summed E-state index contributed by atoms with van der Waals surface area (Å²) in [6.07, 6.45) is 0. The molecule has 28 heavy (non-hydrogen) atoms. The van der Waals surface area contributed by atoms with Crippen LogP contribution >= 0.6 is 0 Å². The van der Waals surface area contributed by atoms with Crippen LogP contribution in [0.5, 0.6) is 0 Å². The highest BCUT2D eigenvalue weighted by atomic mass is 16.4. The van der Waals surface area contributed by atoms with Crippen molar-refractivity contribution < 1.29 is 29.7 Å². The van der Waals surface area contributed by atoms with E-state index in [0.717, 1.165) is 22.5 Å². The Bertz CT molecular complexity index is 1020. The Labute approximate surface area is 160 Å². The Balaban J connectivity index is 0.000000203. The molecule has 7 heteroatoms. The van der Waals surface area contributed by atoms with Crippen LogP contribution in [0.3, 0.4) is 0 Å². The third-order valence-electron chi connectivity index (χ3n) is 3.93. The van der Waals surface area contributed by atoms with Crippen molar-refractivity contribution in [3.63, 3.8) is 0 Å². The van der Waals surface area contributed by atoms with Crippen molar-refractivity contribution in [3.05, 3.63) is 77.4 Å². The van der Waals surface area contributed by atoms with Crippen LogP contribution in [0.15, 0.2) is 60.7 Å². The van der Waals surface area contributed by atoms with E-state index in [4.69, 9.17) is 15.3 Å². The first-order valence-electron chi connectivity index (χ1n) is 8.30. The lowest BCUT2D eigenvalue weighted by molar-refractivity contribution is -0.134. The number of aliphatic carboxylic acids is 1. The summed E-state index contributed by atoms with van der Waals surface area (Å²) >= 11 is 0. The zero-order valence-corrected chi connectivity index (χ0v) is 15.0. The van der Waals surface area contributed by atoms with Crippen LogP contribution in [0.2, 0.25) is 0 Å². The number of hydrogen-bond donors (Lipinski definition) is 4. The van der Waals surface area contributed by atoms with E-state index in [1.165, 1.54) is 12.1 Å². The van der Waals surface area contributed by atoms with Crippen molar-refractivity contribution in [2.75, 3.05) is 11.9 Å². The maximum absolute atomic E-state index is 10.6. The molecule has 0 spiro atoms. The van der Waals surface area contributed by atoms with Gasteiger partial charge in [0.25, 0.3) is 0 Å². The largest absolute Gasteiger partial charge is 0.480 e. The molecular formula is C21H19NO6. The minimum Gasteiger partial charge on any atom is -0.480 e. The van der Waals surface area contributed by atoms with E-state index in [1.807, 2.05) is 42.5 Å². The van der Waals surface area contributed by atoms with Crippen molar-refractivity contribution in [1.82, 2.24) is 0 Å². The van der Waals surface area contributed by atoms with Crippen LogP contribution in [-0.4, -0.2) is 39.8 Å². The molecule has 0 aromatic heterocycles. The lowest BCUT2D eigenvalue weighted by atomic mass is 10.1. The van der Waals surface area contributed by atoms with Gasteiger partial charge in [-0.1, -0.05) is 42.5 Å². The molecule has 0 atom stereocenters. The minimum atomic E-state index is -1.12. The van der Waals surface area contributed by atoms with E-state index in [2.05, 4.69) is 5.32 Å². The number of aromatic carboxylic acids is 2. The van der Waals surface area contributed by atoms with Gasteiger partial charge in [-0.15, -0.1) is 0 Å². The van der Waals surface area contributed by atoms with Gasteiger partial charge in [-0.05, 0) is 36.1 Å². The molecule has 3 rings (SSSR count). The summed E-state index contributed by atoms with van der Waals surface area (Å²) in [6.45, 7) is 1.56. The highest BCUT2D eigenvalue weighted by Gasteiger charge is 2.10. The van der Waals surface area contributed by atoms with Crippen molar-refractivity contribution >= 4 is 34.4 Å². The van der Waals surface area contributed by atoms with E-state index in [1.54, 1.807) is 6.92 Å². The standard InChI is InChI=1S/C12H11NO2.C9H8O4/c14-12(15)8-13-11-7-3-5-9-4-1-2-6-10(9)11;1-5-2-3-6(8(10)11)4-7(5)9(12)13/h1-7,13H,8H2,(H,14,15);2-4H,1H3,(H,10,11)(H,12,13). The van der Waals surface area contributed by atoms with Crippen LogP contribution < -0.4 is 5.32 Å². The van der Waals surface area contributed by atoms with Gasteiger partial charge in [-0.25, -0.2) is 9.59 Å². The maximum Gasteiger partial charge on any atom is 0.335 e. The van der Waals surface area contributed by atoms with Gasteiger partial charge in [0.05, 0.1) is 11.1 Å². The summed E-state index contributed by atoms with van der Waals surface area (Å²) in [7, 11) is 0. The van der Waals surface area contributed by atoms with Gasteiger partial charge in [0.1, 0.15) is 6.54 Å². The Morgan fingerprint density at radius 3 is 2.18 bits per heavy atom. The number of aryl methyl sites for hydroxylation is 1. The van der Waals surface area contributed by atoms with Crippen molar-refractivity contribution in [1.29, 1.82) is 0 Å². The van der Waals surface area contributed by atoms with Gasteiger partial charge in [-0.3, -0.25) is 4.79 Å². The SMILES string of the molecule is Cc1ccc(C(=O)O)cc1C(=O)O.O=C(O)CNc1cccc2ccccc12. The zero-order chi connectivity index (χ0) is 20.7. The minimum absolute atomic E-state index is 0.0111. The topological polar surface area (TPSA) is 124 Å². The van der Waals surface area contributed by atoms with Crippen molar-refractivity contribution in [3.8, 4) is 0 Å². The molecule has 0 fully saturated rings. The number of hydrogen-bond acceptors (Lipinski definition) is 4. The molecule has 0 amide bonds. The summed E-state index contributed by atoms with van der Waals surface area (Å²) in [6, 6.07) is 17.7. The summed E-state index contributed by atoms with van der Waals surface area (Å²) in [5, 5.41) is 30.9. The van der Waals surface area contributed by atoms with E-state index in [-0.39, 0.29) is 17.7 Å². The Hall–Kier alpha value is -3.87. The van der Waals surface area contributed by atoms with Gasteiger partial charge in [0.2, 0.25) is 0 Å². The monoisotopic (exact) mass is 381 g/mol. The quantitative estimate of drug-likeness (QED) is 0.531. The molecule has 0 radical (unpaired) electrons. The van der Waals surface area contributed by atoms with Crippen molar-refractivity contribution in [2.45, 2.75) is 6.92 Å². The van der Waals surface area contributed by atoms with Gasteiger partial charge in [-0.2, -0.15) is 0 Å². The second kappa shape index (κ2) is 9.18. The average molecular weight is 381 g/mol. The summed E-state index contributed by atoms with van der Waals surface area (Å²) in [5.74, 6) is -3.09. The number of carboxylic acids is 3. The second-order valence-electron chi connectivity index (χ2n) is 5.91. The van der Waals surface area contributed by atoms with Gasteiger partial charge < -0.3 is 20.6 Å². The number of carbonyl (C=O) groups is 3. The number of rotatable bonds is 5. The molecule has 0 saturated heterocycles. The fourth-order valence-corrected chi connectivity index (χ4v) is 2.54. The number of benzene rings is 3. The molecule has 0 aliphatic heterocycles. The first-order valence-corrected chi connectivity index (χ1v) is 8.30. The van der Waals surface area contributed by atoms with Crippen LogP contribution in [0.4, 0.5) is 5.69 Å². The lowest BCUT2D eigenvalue weighted by Gasteiger charge is -2.07. The summed E-state index contributed by atoms with van der Waals surface area (Å²) < 4.78 is 0. The molecule has 7 nitrogen and oxygen atoms in total. The van der Waals surface area contributed by atoms with Crippen molar-refractivity contribution in [2.24, 2.45) is 0 Å². The number of nitrogens with one attached hydrogen (secondary N) is 1. The second-order valence-corrected chi connectivity index (χ2v) is 5.91. The Morgan fingerprint density at radius 2 is 1.54 bits per heavy atom. The van der Waals surface area contributed by atoms with Crippen LogP contribution in [0, 0.1) is 6.92 Å². The Morgan fingerprint density at radius 1 is 0.857 bits per heavy atom. The fourth-order valence-electron chi connectivity index (χ4n) is 2.54. The molecule has 3 aromatic rings. The molecule has 0 aliphatic carbocycles. The fraction of sp³-hybridized carbons (Fsp3) is 0.0952. The number of carboxylic acid groups (broad SMARTS) is 3. The molecule has 0 unspecified atom stereocenters. The van der Waals surface area contributed by atoms with E-state index < -0.39 is 17.9 Å². The molecular weight excluding hydrogens is 362 g/mol. The van der Waals surface area contributed by atoms with E-state index in [0.29, 0.717) is 5.56 Å². The van der Waals surface area contributed by atoms with E-state index in [9.17, 15) is 14.4 Å². The molecule has 0 bridgehead atoms. The van der Waals surface area contributed by atoms with Gasteiger partial charge in [0.15, 0.2) is 0 Å². The maximum atomic E-state index is 10.6. The lowest BCUT2D eigenvalue weighted by Crippen LogP contribution is -2.12. The van der Waals surface area contributed by atoms with Crippen LogP contribution in [0.25, 0.3) is 10.8 Å². The first kappa shape index (κ1) is 20.4. The molecule has 144 valence electrons. The molecule has 4 N–H and O–H groups in total. The summed E-state index contributed by atoms with van der Waals surface area (Å²) in [5.41, 5.74) is 1.43. The number of fused-ring (bicyclic) bond motifs is 1.